The van der Waals surface area contributed by atoms with Gasteiger partial charge in [0.25, 0.3) is 0 Å². The van der Waals surface area contributed by atoms with Crippen molar-refractivity contribution in [3.05, 3.63) is 0 Å². The summed E-state index contributed by atoms with van der Waals surface area (Å²) in [6, 6.07) is 0. The Kier molecular flexibility index (Phi) is 6.06. The van der Waals surface area contributed by atoms with E-state index < -0.39 is 5.60 Å². The molecule has 3 nitrogen and oxygen atoms in total. The van der Waals surface area contributed by atoms with Gasteiger partial charge < -0.3 is 9.47 Å². The fraction of sp³-hybridized carbons (Fsp3) is 0.929. The molecule has 0 heterocycles. The van der Waals surface area contributed by atoms with E-state index >= 15 is 0 Å². The smallest absolute Gasteiger partial charge is 0.309 e. The number of carbonyl (C=O) groups excluding carboxylic acids is 1. The van der Waals surface area contributed by atoms with Gasteiger partial charge in [-0.05, 0) is 52.9 Å². The minimum atomic E-state index is -0.411. The Hall–Kier alpha value is -0.640. The van der Waals surface area contributed by atoms with Crippen LogP contribution in [0.2, 0.25) is 0 Å². The second-order valence-electron chi connectivity index (χ2n) is 5.92. The van der Waals surface area contributed by atoms with Gasteiger partial charge in [-0.15, -0.1) is 0 Å². The largest absolute Gasteiger partial charge is 0.460 e. The predicted molar refractivity (Wildman–Crippen MR) is 68.1 cm³/mol. The molecule has 0 N–H and O–H groups in total. The van der Waals surface area contributed by atoms with E-state index in [0.29, 0.717) is 13.0 Å². The molecular formula is C14H25FO3. The minimum absolute atomic E-state index is 0.00486. The Morgan fingerprint density at radius 1 is 1.22 bits per heavy atom. The van der Waals surface area contributed by atoms with Crippen LogP contribution in [0.1, 0.15) is 52.9 Å². The lowest BCUT2D eigenvalue weighted by atomic mass is 9.87. The molecule has 0 aromatic carbocycles. The van der Waals surface area contributed by atoms with Crippen LogP contribution in [0.15, 0.2) is 0 Å². The zero-order chi connectivity index (χ0) is 13.6. The number of rotatable bonds is 5. The summed E-state index contributed by atoms with van der Waals surface area (Å²) in [4.78, 5) is 11.9. The Labute approximate surface area is 109 Å². The maximum absolute atomic E-state index is 11.9. The molecule has 0 aromatic rings. The molecule has 1 aliphatic rings. The van der Waals surface area contributed by atoms with Gasteiger partial charge in [-0.3, -0.25) is 9.18 Å². The topological polar surface area (TPSA) is 35.5 Å². The molecule has 0 aromatic heterocycles. The second-order valence-corrected chi connectivity index (χ2v) is 5.92. The number of carbonyl (C=O) groups is 1. The van der Waals surface area contributed by atoms with E-state index in [0.717, 1.165) is 25.7 Å². The number of alkyl halides is 1. The van der Waals surface area contributed by atoms with Gasteiger partial charge in [0.1, 0.15) is 5.60 Å². The van der Waals surface area contributed by atoms with E-state index in [1.165, 1.54) is 0 Å². The molecule has 0 unspecified atom stereocenters. The van der Waals surface area contributed by atoms with Crippen LogP contribution >= 0.6 is 0 Å². The number of hydrogen-bond acceptors (Lipinski definition) is 3. The molecule has 0 bridgehead atoms. The first-order valence-electron chi connectivity index (χ1n) is 6.83. The summed E-state index contributed by atoms with van der Waals surface area (Å²) in [6.45, 7) is 5.81. The molecule has 0 radical (unpaired) electrons. The van der Waals surface area contributed by atoms with Gasteiger partial charge in [-0.1, -0.05) is 0 Å². The van der Waals surface area contributed by atoms with E-state index in [9.17, 15) is 9.18 Å². The molecule has 0 aliphatic heterocycles. The highest BCUT2D eigenvalue weighted by molar-refractivity contribution is 5.72. The Morgan fingerprint density at radius 3 is 2.33 bits per heavy atom. The third kappa shape index (κ3) is 5.80. The summed E-state index contributed by atoms with van der Waals surface area (Å²) in [7, 11) is 0. The Bertz CT molecular complexity index is 252. The third-order valence-corrected chi connectivity index (χ3v) is 3.05. The molecule has 1 fully saturated rings. The molecule has 1 saturated carbocycles. The van der Waals surface area contributed by atoms with Crippen molar-refractivity contribution >= 4 is 5.97 Å². The lowest BCUT2D eigenvalue weighted by Crippen LogP contribution is -2.32. The molecule has 0 spiro atoms. The summed E-state index contributed by atoms with van der Waals surface area (Å²) in [5.74, 6) is -0.0880. The molecule has 1 rings (SSSR count). The lowest BCUT2D eigenvalue weighted by molar-refractivity contribution is -0.162. The summed E-state index contributed by atoms with van der Waals surface area (Å²) in [5.41, 5.74) is -0.411. The zero-order valence-corrected chi connectivity index (χ0v) is 11.7. The van der Waals surface area contributed by atoms with Crippen LogP contribution in [0, 0.1) is 5.92 Å². The average Bonchev–Trinajstić information content (AvgIpc) is 2.28. The maximum Gasteiger partial charge on any atom is 0.309 e. The summed E-state index contributed by atoms with van der Waals surface area (Å²) in [6.07, 6.45) is 4.03. The van der Waals surface area contributed by atoms with Gasteiger partial charge in [0.05, 0.1) is 18.7 Å². The fourth-order valence-electron chi connectivity index (χ4n) is 2.15. The van der Waals surface area contributed by atoms with Crippen molar-refractivity contribution in [1.82, 2.24) is 0 Å². The van der Waals surface area contributed by atoms with Gasteiger partial charge in [-0.25, -0.2) is 0 Å². The number of halogens is 1. The van der Waals surface area contributed by atoms with E-state index in [4.69, 9.17) is 9.47 Å². The van der Waals surface area contributed by atoms with Crippen molar-refractivity contribution < 1.29 is 18.7 Å². The highest BCUT2D eigenvalue weighted by atomic mass is 19.1. The highest BCUT2D eigenvalue weighted by Gasteiger charge is 2.30. The molecule has 0 saturated heterocycles. The monoisotopic (exact) mass is 260 g/mol. The Balaban J connectivity index is 2.24. The number of ether oxygens (including phenoxy) is 2. The van der Waals surface area contributed by atoms with Gasteiger partial charge in [-0.2, -0.15) is 0 Å². The first-order chi connectivity index (χ1) is 8.42. The molecule has 0 atom stereocenters. The van der Waals surface area contributed by atoms with Crippen LogP contribution in [0.3, 0.4) is 0 Å². The van der Waals surface area contributed by atoms with Gasteiger partial charge in [0.15, 0.2) is 0 Å². The van der Waals surface area contributed by atoms with Crippen molar-refractivity contribution in [2.45, 2.75) is 64.6 Å². The molecule has 106 valence electrons. The van der Waals surface area contributed by atoms with Crippen molar-refractivity contribution in [2.75, 3.05) is 13.3 Å². The van der Waals surface area contributed by atoms with Gasteiger partial charge in [0, 0.05) is 6.61 Å². The third-order valence-electron chi connectivity index (χ3n) is 3.05. The van der Waals surface area contributed by atoms with Gasteiger partial charge >= 0.3 is 5.97 Å². The summed E-state index contributed by atoms with van der Waals surface area (Å²) >= 11 is 0. The van der Waals surface area contributed by atoms with Crippen LogP contribution in [-0.2, 0) is 14.3 Å². The van der Waals surface area contributed by atoms with Crippen molar-refractivity contribution in [1.29, 1.82) is 0 Å². The standard InChI is InChI=1S/C14H25FO3/c1-14(2,3)18-13(16)11-5-7-12(8-6-11)17-10-4-9-15/h11-12H,4-10H2,1-3H3/t11-,12+. The molecule has 4 heteroatoms. The predicted octanol–water partition coefficient (Wildman–Crippen LogP) is 3.26. The summed E-state index contributed by atoms with van der Waals surface area (Å²) in [5, 5.41) is 0. The highest BCUT2D eigenvalue weighted by Crippen LogP contribution is 2.28. The van der Waals surface area contributed by atoms with Crippen LogP contribution in [-0.4, -0.2) is 31.0 Å². The van der Waals surface area contributed by atoms with Crippen molar-refractivity contribution in [3.63, 3.8) is 0 Å². The first kappa shape index (κ1) is 15.4. The molecule has 18 heavy (non-hydrogen) atoms. The number of hydrogen-bond donors (Lipinski definition) is 0. The maximum atomic E-state index is 11.9. The second kappa shape index (κ2) is 7.07. The van der Waals surface area contributed by atoms with E-state index in [1.54, 1.807) is 0 Å². The van der Waals surface area contributed by atoms with Crippen LogP contribution in [0.4, 0.5) is 4.39 Å². The van der Waals surface area contributed by atoms with Crippen LogP contribution in [0.25, 0.3) is 0 Å². The molecule has 0 amide bonds. The van der Waals surface area contributed by atoms with E-state index in [2.05, 4.69) is 0 Å². The average molecular weight is 260 g/mol. The Morgan fingerprint density at radius 2 is 1.83 bits per heavy atom. The van der Waals surface area contributed by atoms with Crippen LogP contribution in [0.5, 0.6) is 0 Å². The zero-order valence-electron chi connectivity index (χ0n) is 11.7. The fourth-order valence-corrected chi connectivity index (χ4v) is 2.15. The van der Waals surface area contributed by atoms with Crippen molar-refractivity contribution in [3.8, 4) is 0 Å². The number of esters is 1. The van der Waals surface area contributed by atoms with Crippen molar-refractivity contribution in [2.24, 2.45) is 5.92 Å². The normalized spacial score (nSPS) is 24.9. The minimum Gasteiger partial charge on any atom is -0.460 e. The quantitative estimate of drug-likeness (QED) is 0.562. The molecule has 1 aliphatic carbocycles. The van der Waals surface area contributed by atoms with E-state index in [1.807, 2.05) is 20.8 Å². The van der Waals surface area contributed by atoms with E-state index in [-0.39, 0.29) is 24.7 Å². The van der Waals surface area contributed by atoms with Crippen LogP contribution < -0.4 is 0 Å². The molecular weight excluding hydrogens is 235 g/mol. The van der Waals surface area contributed by atoms with Gasteiger partial charge in [0.2, 0.25) is 0 Å². The first-order valence-corrected chi connectivity index (χ1v) is 6.83. The lowest BCUT2D eigenvalue weighted by Gasteiger charge is -2.29. The summed E-state index contributed by atoms with van der Waals surface area (Å²) < 4.78 is 22.9. The SMILES string of the molecule is CC(C)(C)OC(=O)[C@H]1CC[C@@H](OCCCF)CC1.